The number of nitrogens with zero attached hydrogens (tertiary/aromatic N) is 1. The molecular formula is C13H15BrN2O3. The molecule has 1 saturated carbocycles. The number of carboxylic acids is 1. The Morgan fingerprint density at radius 1 is 1.63 bits per heavy atom. The topological polar surface area (TPSA) is 71.3 Å². The van der Waals surface area contributed by atoms with Gasteiger partial charge in [-0.15, -0.1) is 6.58 Å². The molecule has 1 aliphatic rings. The fourth-order valence-corrected chi connectivity index (χ4v) is 2.34. The highest BCUT2D eigenvalue weighted by atomic mass is 79.9. The predicted molar refractivity (Wildman–Crippen MR) is 74.1 cm³/mol. The summed E-state index contributed by atoms with van der Waals surface area (Å²) in [6.45, 7) is 3.50. The van der Waals surface area contributed by atoms with Gasteiger partial charge in [-0.25, -0.2) is 4.79 Å². The second-order valence-electron chi connectivity index (χ2n) is 4.57. The molecule has 1 fully saturated rings. The van der Waals surface area contributed by atoms with Gasteiger partial charge in [-0.3, -0.25) is 4.79 Å². The minimum atomic E-state index is -1.06. The van der Waals surface area contributed by atoms with Crippen molar-refractivity contribution < 1.29 is 14.7 Å². The van der Waals surface area contributed by atoms with Gasteiger partial charge in [0.2, 0.25) is 0 Å². The zero-order chi connectivity index (χ0) is 14.0. The summed E-state index contributed by atoms with van der Waals surface area (Å²) in [6, 6.07) is 1.13. The normalized spacial score (nSPS) is 15.8. The molecule has 0 radical (unpaired) electrons. The lowest BCUT2D eigenvalue weighted by atomic mass is 10.2. The molecule has 1 heterocycles. The van der Waals surface area contributed by atoms with Crippen molar-refractivity contribution >= 4 is 27.8 Å². The summed E-state index contributed by atoms with van der Waals surface area (Å²) in [6.07, 6.45) is 5.64. The molecule has 1 aromatic rings. The average Bonchev–Trinajstić information content (AvgIpc) is 3.11. The number of rotatable bonds is 6. The van der Waals surface area contributed by atoms with E-state index < -0.39 is 12.0 Å². The van der Waals surface area contributed by atoms with E-state index in [-0.39, 0.29) is 12.3 Å². The molecule has 102 valence electrons. The summed E-state index contributed by atoms with van der Waals surface area (Å²) in [4.78, 5) is 23.2. The summed E-state index contributed by atoms with van der Waals surface area (Å²) < 4.78 is 2.71. The molecule has 0 bridgehead atoms. The molecule has 6 heteroatoms. The Hall–Kier alpha value is -1.56. The maximum atomic E-state index is 12.2. The molecule has 2 rings (SSSR count). The van der Waals surface area contributed by atoms with E-state index in [2.05, 4.69) is 27.8 Å². The molecule has 1 aliphatic carbocycles. The molecule has 1 unspecified atom stereocenters. The SMILES string of the molecule is C=CCC(NC(=O)c1cc(Br)cn1C1CC1)C(=O)O. The van der Waals surface area contributed by atoms with E-state index in [0.717, 1.165) is 17.3 Å². The van der Waals surface area contributed by atoms with E-state index in [1.54, 1.807) is 6.07 Å². The molecular weight excluding hydrogens is 312 g/mol. The number of nitrogens with one attached hydrogen (secondary N) is 1. The minimum Gasteiger partial charge on any atom is -0.480 e. The second-order valence-corrected chi connectivity index (χ2v) is 5.49. The lowest BCUT2D eigenvalue weighted by molar-refractivity contribution is -0.139. The van der Waals surface area contributed by atoms with Crippen LogP contribution < -0.4 is 5.32 Å². The number of aliphatic carboxylic acids is 1. The van der Waals surface area contributed by atoms with E-state index in [1.807, 2.05) is 10.8 Å². The van der Waals surface area contributed by atoms with E-state index >= 15 is 0 Å². The fraction of sp³-hybridized carbons (Fsp3) is 0.385. The van der Waals surface area contributed by atoms with Crippen molar-refractivity contribution in [3.8, 4) is 0 Å². The summed E-state index contributed by atoms with van der Waals surface area (Å²) in [5.41, 5.74) is 0.490. The standard InChI is InChI=1S/C13H15BrN2O3/c1-2-3-10(13(18)19)15-12(17)11-6-8(14)7-16(11)9-4-5-9/h2,6-7,9-10H,1,3-5H2,(H,15,17)(H,18,19). The van der Waals surface area contributed by atoms with Gasteiger partial charge in [0.05, 0.1) is 0 Å². The van der Waals surface area contributed by atoms with Gasteiger partial charge in [-0.2, -0.15) is 0 Å². The Balaban J connectivity index is 2.14. The van der Waals surface area contributed by atoms with E-state index in [4.69, 9.17) is 5.11 Å². The quantitative estimate of drug-likeness (QED) is 0.788. The molecule has 0 spiro atoms. The van der Waals surface area contributed by atoms with E-state index in [0.29, 0.717) is 11.7 Å². The van der Waals surface area contributed by atoms with Gasteiger partial charge in [0.15, 0.2) is 0 Å². The fourth-order valence-electron chi connectivity index (χ4n) is 1.90. The summed E-state index contributed by atoms with van der Waals surface area (Å²) in [5, 5.41) is 11.5. The number of halogens is 1. The third kappa shape index (κ3) is 3.26. The average molecular weight is 327 g/mol. The van der Waals surface area contributed by atoms with Crippen LogP contribution in [0.1, 0.15) is 35.8 Å². The van der Waals surface area contributed by atoms with E-state index in [1.165, 1.54) is 6.08 Å². The minimum absolute atomic E-state index is 0.201. The van der Waals surface area contributed by atoms with Crippen molar-refractivity contribution in [2.24, 2.45) is 0 Å². The second kappa shape index (κ2) is 5.61. The number of amides is 1. The first-order valence-corrected chi connectivity index (χ1v) is 6.84. The molecule has 0 aliphatic heterocycles. The summed E-state index contributed by atoms with van der Waals surface area (Å²) >= 11 is 3.34. The number of hydrogen-bond donors (Lipinski definition) is 2. The molecule has 1 aromatic heterocycles. The Labute approximate surface area is 119 Å². The van der Waals surface area contributed by atoms with Gasteiger partial charge >= 0.3 is 5.97 Å². The lowest BCUT2D eigenvalue weighted by Gasteiger charge is -2.13. The molecule has 0 aromatic carbocycles. The zero-order valence-electron chi connectivity index (χ0n) is 10.3. The molecule has 19 heavy (non-hydrogen) atoms. The van der Waals surface area contributed by atoms with Crippen LogP contribution in [0.2, 0.25) is 0 Å². The van der Waals surface area contributed by atoms with Crippen LogP contribution in [0.4, 0.5) is 0 Å². The summed E-state index contributed by atoms with van der Waals surface area (Å²) in [7, 11) is 0. The third-order valence-corrected chi connectivity index (χ3v) is 3.43. The first-order chi connectivity index (χ1) is 9.02. The predicted octanol–water partition coefficient (Wildman–Crippen LogP) is 2.34. The van der Waals surface area contributed by atoms with Crippen LogP contribution >= 0.6 is 15.9 Å². The monoisotopic (exact) mass is 326 g/mol. The number of carboxylic acid groups (broad SMARTS) is 1. The molecule has 1 atom stereocenters. The molecule has 2 N–H and O–H groups in total. The van der Waals surface area contributed by atoms with Gasteiger partial charge in [-0.1, -0.05) is 6.08 Å². The van der Waals surface area contributed by atoms with Gasteiger partial charge in [-0.05, 0) is 41.3 Å². The Morgan fingerprint density at radius 2 is 2.32 bits per heavy atom. The number of carbonyl (C=O) groups excluding carboxylic acids is 1. The maximum absolute atomic E-state index is 12.2. The first kappa shape index (κ1) is 13.9. The highest BCUT2D eigenvalue weighted by Gasteiger charge is 2.29. The third-order valence-electron chi connectivity index (χ3n) is 2.99. The lowest BCUT2D eigenvalue weighted by Crippen LogP contribution is -2.41. The Kier molecular flexibility index (Phi) is 4.09. The Bertz CT molecular complexity index is 520. The maximum Gasteiger partial charge on any atom is 0.326 e. The highest BCUT2D eigenvalue weighted by Crippen LogP contribution is 2.37. The van der Waals surface area contributed by atoms with E-state index in [9.17, 15) is 9.59 Å². The summed E-state index contributed by atoms with van der Waals surface area (Å²) in [5.74, 6) is -1.43. The first-order valence-electron chi connectivity index (χ1n) is 6.05. The highest BCUT2D eigenvalue weighted by molar-refractivity contribution is 9.10. The van der Waals surface area contributed by atoms with Crippen molar-refractivity contribution in [2.45, 2.75) is 31.3 Å². The van der Waals surface area contributed by atoms with Gasteiger partial charge < -0.3 is 15.0 Å². The Morgan fingerprint density at radius 3 is 2.84 bits per heavy atom. The molecule has 1 amide bonds. The number of hydrogen-bond acceptors (Lipinski definition) is 2. The van der Waals surface area contributed by atoms with Crippen LogP contribution in [-0.4, -0.2) is 27.6 Å². The van der Waals surface area contributed by atoms with Gasteiger partial charge in [0.25, 0.3) is 5.91 Å². The smallest absolute Gasteiger partial charge is 0.326 e. The van der Waals surface area contributed by atoms with Crippen LogP contribution in [0.25, 0.3) is 0 Å². The van der Waals surface area contributed by atoms with Crippen molar-refractivity contribution in [3.63, 3.8) is 0 Å². The van der Waals surface area contributed by atoms with Crippen LogP contribution in [-0.2, 0) is 4.79 Å². The van der Waals surface area contributed by atoms with Crippen LogP contribution in [0, 0.1) is 0 Å². The number of aromatic nitrogens is 1. The molecule has 0 saturated heterocycles. The van der Waals surface area contributed by atoms with Crippen LogP contribution in [0.15, 0.2) is 29.4 Å². The van der Waals surface area contributed by atoms with Crippen molar-refractivity contribution in [1.82, 2.24) is 9.88 Å². The zero-order valence-corrected chi connectivity index (χ0v) is 11.9. The van der Waals surface area contributed by atoms with Gasteiger partial charge in [0, 0.05) is 16.7 Å². The van der Waals surface area contributed by atoms with Crippen LogP contribution in [0.5, 0.6) is 0 Å². The number of carbonyl (C=O) groups is 2. The van der Waals surface area contributed by atoms with Crippen molar-refractivity contribution in [1.29, 1.82) is 0 Å². The molecule has 5 nitrogen and oxygen atoms in total. The largest absolute Gasteiger partial charge is 0.480 e. The van der Waals surface area contributed by atoms with Crippen molar-refractivity contribution in [3.05, 3.63) is 35.1 Å². The van der Waals surface area contributed by atoms with Crippen LogP contribution in [0.3, 0.4) is 0 Å². The van der Waals surface area contributed by atoms with Crippen molar-refractivity contribution in [2.75, 3.05) is 0 Å². The van der Waals surface area contributed by atoms with Gasteiger partial charge in [0.1, 0.15) is 11.7 Å².